The van der Waals surface area contributed by atoms with Crippen LogP contribution in [0.2, 0.25) is 0 Å². The molecule has 0 aliphatic heterocycles. The molecule has 0 aromatic rings. The SMILES string of the molecule is NC(CCC(=O)[O-])C(=O)[O-].NC(CCC(=O)[O-])C(=O)[O-].[Ca+2].[Ca+2]. The second-order valence-electron chi connectivity index (χ2n) is 3.67. The first-order valence-corrected chi connectivity index (χ1v) is 5.40. The van der Waals surface area contributed by atoms with Crippen molar-refractivity contribution in [1.82, 2.24) is 0 Å². The molecule has 0 saturated carbocycles. The van der Waals surface area contributed by atoms with E-state index in [1.165, 1.54) is 0 Å². The molecule has 2 atom stereocenters. The van der Waals surface area contributed by atoms with Gasteiger partial charge in [-0.05, 0) is 25.7 Å². The maximum Gasteiger partial charge on any atom is 2.00 e. The zero-order chi connectivity index (χ0) is 16.3. The molecule has 10 nitrogen and oxygen atoms in total. The maximum atomic E-state index is 9.86. The minimum Gasteiger partial charge on any atom is -0.550 e. The van der Waals surface area contributed by atoms with Crippen molar-refractivity contribution in [3.05, 3.63) is 0 Å². The van der Waals surface area contributed by atoms with E-state index in [2.05, 4.69) is 0 Å². The van der Waals surface area contributed by atoms with Crippen molar-refractivity contribution < 1.29 is 39.6 Å². The van der Waals surface area contributed by atoms with E-state index < -0.39 is 36.0 Å². The van der Waals surface area contributed by atoms with Crippen LogP contribution in [0.3, 0.4) is 0 Å². The van der Waals surface area contributed by atoms with Gasteiger partial charge in [-0.3, -0.25) is 0 Å². The average Bonchev–Trinajstić information content (AvgIpc) is 2.33. The molecular weight excluding hydrogens is 356 g/mol. The Hall–Kier alpha value is 0.319. The molecular formula is C10H14Ca2N2O8. The van der Waals surface area contributed by atoms with Crippen LogP contribution in [0.5, 0.6) is 0 Å². The van der Waals surface area contributed by atoms with E-state index in [1.54, 1.807) is 0 Å². The summed E-state index contributed by atoms with van der Waals surface area (Å²) in [6, 6.07) is -2.42. The van der Waals surface area contributed by atoms with Crippen molar-refractivity contribution in [2.45, 2.75) is 37.8 Å². The average molecular weight is 370 g/mol. The predicted molar refractivity (Wildman–Crippen MR) is 66.0 cm³/mol. The topological polar surface area (TPSA) is 213 Å². The molecule has 0 radical (unpaired) electrons. The third kappa shape index (κ3) is 22.6. The molecule has 0 aliphatic rings. The summed E-state index contributed by atoms with van der Waals surface area (Å²) in [5, 5.41) is 39.2. The van der Waals surface area contributed by atoms with Gasteiger partial charge in [0.15, 0.2) is 0 Å². The minimum absolute atomic E-state index is 0. The van der Waals surface area contributed by atoms with E-state index in [9.17, 15) is 39.6 Å². The van der Waals surface area contributed by atoms with Crippen molar-refractivity contribution in [2.75, 3.05) is 0 Å². The Bertz CT molecular complexity index is 333. The monoisotopic (exact) mass is 370 g/mol. The van der Waals surface area contributed by atoms with E-state index in [0.29, 0.717) is 0 Å². The van der Waals surface area contributed by atoms with Crippen LogP contribution >= 0.6 is 0 Å². The van der Waals surface area contributed by atoms with Crippen LogP contribution in [-0.2, 0) is 19.2 Å². The summed E-state index contributed by atoms with van der Waals surface area (Å²) in [6.45, 7) is 0. The van der Waals surface area contributed by atoms with E-state index >= 15 is 0 Å². The molecule has 116 valence electrons. The van der Waals surface area contributed by atoms with Crippen molar-refractivity contribution in [1.29, 1.82) is 0 Å². The molecule has 0 rings (SSSR count). The van der Waals surface area contributed by atoms with Gasteiger partial charge in [-0.2, -0.15) is 0 Å². The number of hydrogen-bond donors (Lipinski definition) is 2. The molecule has 0 bridgehead atoms. The van der Waals surface area contributed by atoms with Crippen LogP contribution in [0, 0.1) is 0 Å². The van der Waals surface area contributed by atoms with E-state index in [4.69, 9.17) is 11.5 Å². The number of carbonyl (C=O) groups is 4. The summed E-state index contributed by atoms with van der Waals surface area (Å²) in [6.07, 6.45) is -1.00. The van der Waals surface area contributed by atoms with Gasteiger partial charge in [-0.25, -0.2) is 0 Å². The molecule has 0 aromatic heterocycles. The largest absolute Gasteiger partial charge is 2.00 e. The molecule has 22 heavy (non-hydrogen) atoms. The predicted octanol–water partition coefficient (Wildman–Crippen LogP) is -7.57. The minimum atomic E-state index is -1.44. The third-order valence-corrected chi connectivity index (χ3v) is 1.92. The molecule has 0 amide bonds. The van der Waals surface area contributed by atoms with Gasteiger partial charge in [0.1, 0.15) is 0 Å². The molecule has 4 N–H and O–H groups in total. The van der Waals surface area contributed by atoms with Gasteiger partial charge in [0.2, 0.25) is 0 Å². The van der Waals surface area contributed by atoms with Gasteiger partial charge in [-0.1, -0.05) is 0 Å². The number of hydrogen-bond acceptors (Lipinski definition) is 10. The Morgan fingerprint density at radius 2 is 0.909 bits per heavy atom. The fourth-order valence-electron chi connectivity index (χ4n) is 0.782. The van der Waals surface area contributed by atoms with Gasteiger partial charge >= 0.3 is 75.5 Å². The molecule has 0 spiro atoms. The van der Waals surface area contributed by atoms with Gasteiger partial charge in [0.05, 0.1) is 11.9 Å². The Morgan fingerprint density at radius 3 is 1.05 bits per heavy atom. The Kier molecular flexibility index (Phi) is 24.3. The van der Waals surface area contributed by atoms with Crippen LogP contribution in [0.25, 0.3) is 0 Å². The number of carboxylic acid groups (broad SMARTS) is 4. The van der Waals surface area contributed by atoms with Crippen LogP contribution < -0.4 is 31.9 Å². The maximum absolute atomic E-state index is 9.86. The van der Waals surface area contributed by atoms with Crippen LogP contribution in [0.15, 0.2) is 0 Å². The fraction of sp³-hybridized carbons (Fsp3) is 0.600. The Morgan fingerprint density at radius 1 is 0.682 bits per heavy atom. The van der Waals surface area contributed by atoms with Crippen molar-refractivity contribution >= 4 is 99.4 Å². The summed E-state index contributed by atoms with van der Waals surface area (Å²) >= 11 is 0. The standard InChI is InChI=1S/2C5H9NO4.2Ca/c2*6-3(5(9)10)1-2-4(7)8;;/h2*3H,1-2,6H2,(H,7,8)(H,9,10);;/q;;2*+2/p-4. The second kappa shape index (κ2) is 17.7. The summed E-state index contributed by atoms with van der Waals surface area (Å²) in [7, 11) is 0. The zero-order valence-corrected chi connectivity index (χ0v) is 16.2. The molecule has 0 aromatic carbocycles. The van der Waals surface area contributed by atoms with Crippen LogP contribution in [-0.4, -0.2) is 111 Å². The van der Waals surface area contributed by atoms with E-state index in [0.717, 1.165) is 0 Å². The van der Waals surface area contributed by atoms with Gasteiger partial charge in [-0.15, -0.1) is 0 Å². The number of aliphatic carboxylic acids is 4. The van der Waals surface area contributed by atoms with Gasteiger partial charge in [0.25, 0.3) is 0 Å². The van der Waals surface area contributed by atoms with Gasteiger partial charge < -0.3 is 51.1 Å². The Balaban J connectivity index is -0.000000135. The first-order chi connectivity index (χ1) is 9.07. The van der Waals surface area contributed by atoms with Crippen molar-refractivity contribution in [2.24, 2.45) is 11.5 Å². The van der Waals surface area contributed by atoms with Crippen LogP contribution in [0.1, 0.15) is 25.7 Å². The normalized spacial score (nSPS) is 11.4. The second-order valence-corrected chi connectivity index (χ2v) is 3.67. The fourth-order valence-corrected chi connectivity index (χ4v) is 0.782. The summed E-state index contributed by atoms with van der Waals surface area (Å²) in [4.78, 5) is 39.2. The van der Waals surface area contributed by atoms with Gasteiger partial charge in [0, 0.05) is 24.0 Å². The molecule has 0 fully saturated rings. The zero-order valence-electron chi connectivity index (χ0n) is 11.8. The number of carbonyl (C=O) groups excluding carboxylic acids is 4. The van der Waals surface area contributed by atoms with E-state index in [1.807, 2.05) is 0 Å². The summed E-state index contributed by atoms with van der Waals surface area (Å²) in [5.74, 6) is -5.50. The molecule has 12 heteroatoms. The smallest absolute Gasteiger partial charge is 0.550 e. The Labute approximate surface area is 186 Å². The number of nitrogens with two attached hydrogens (primary N) is 2. The third-order valence-electron chi connectivity index (χ3n) is 1.92. The molecule has 0 aliphatic carbocycles. The number of rotatable bonds is 8. The van der Waals surface area contributed by atoms with Crippen LogP contribution in [0.4, 0.5) is 0 Å². The number of carboxylic acids is 4. The van der Waals surface area contributed by atoms with Crippen molar-refractivity contribution in [3.8, 4) is 0 Å². The molecule has 0 saturated heterocycles. The molecule has 2 unspecified atom stereocenters. The summed E-state index contributed by atoms with van der Waals surface area (Å²) in [5.41, 5.74) is 9.82. The first kappa shape index (κ1) is 30.2. The van der Waals surface area contributed by atoms with E-state index in [-0.39, 0.29) is 101 Å². The van der Waals surface area contributed by atoms with Crippen molar-refractivity contribution in [3.63, 3.8) is 0 Å². The quantitative estimate of drug-likeness (QED) is 0.385. The summed E-state index contributed by atoms with van der Waals surface area (Å²) < 4.78 is 0. The molecule has 0 heterocycles. The first-order valence-electron chi connectivity index (χ1n) is 5.40.